The molecule has 3 rings (SSSR count). The molecule has 0 spiro atoms. The van der Waals surface area contributed by atoms with Gasteiger partial charge in [-0.15, -0.1) is 0 Å². The summed E-state index contributed by atoms with van der Waals surface area (Å²) in [6, 6.07) is 16.6. The van der Waals surface area contributed by atoms with Crippen LogP contribution in [0.15, 0.2) is 83.5 Å². The molecule has 1 aliphatic rings. The van der Waals surface area contributed by atoms with E-state index in [1.54, 1.807) is 5.41 Å². The lowest BCUT2D eigenvalue weighted by Crippen LogP contribution is -2.07. The average Bonchev–Trinajstić information content (AvgIpc) is 2.75. The molecule has 0 aromatic heterocycles. The minimum atomic E-state index is -6.00. The first kappa shape index (κ1) is 27.1. The average molecular weight is 494 g/mol. The topological polar surface area (TPSA) is 38.0 Å². The smallest absolute Gasteiger partial charge is 0.418 e. The third-order valence-corrected chi connectivity index (χ3v) is 5.29. The first-order valence-corrected chi connectivity index (χ1v) is 11.4. The lowest BCUT2D eigenvalue weighted by atomic mass is 10.1. The van der Waals surface area contributed by atoms with Gasteiger partial charge in [-0.05, 0) is 41.5 Å². The zero-order chi connectivity index (χ0) is 25.3. The molecule has 0 fully saturated rings. The van der Waals surface area contributed by atoms with Gasteiger partial charge >= 0.3 is 24.1 Å². The fourth-order valence-electron chi connectivity index (χ4n) is 2.76. The predicted molar refractivity (Wildman–Crippen MR) is 137 cm³/mol. The second-order valence-corrected chi connectivity index (χ2v) is 8.61. The van der Waals surface area contributed by atoms with Crippen molar-refractivity contribution in [2.24, 2.45) is 0 Å². The van der Waals surface area contributed by atoms with Crippen LogP contribution in [-0.4, -0.2) is 40.0 Å². The summed E-state index contributed by atoms with van der Waals surface area (Å²) in [5.74, 6) is 0.637. The molecule has 1 N–H and O–H groups in total. The van der Waals surface area contributed by atoms with Gasteiger partial charge in [0.25, 0.3) is 0 Å². The van der Waals surface area contributed by atoms with Crippen LogP contribution < -0.4 is 9.80 Å². The molecule has 4 nitrogen and oxygen atoms in total. The van der Waals surface area contributed by atoms with Gasteiger partial charge in [0.1, 0.15) is 0 Å². The normalized spacial score (nSPS) is 15.9. The summed E-state index contributed by atoms with van der Waals surface area (Å²) in [5, 5.41) is 1.72. The lowest BCUT2D eigenvalue weighted by Gasteiger charge is -2.11. The van der Waals surface area contributed by atoms with Crippen molar-refractivity contribution in [1.82, 2.24) is 0 Å². The first-order chi connectivity index (χ1) is 15.9. The van der Waals surface area contributed by atoms with Crippen LogP contribution in [0.2, 0.25) is 0 Å². The summed E-state index contributed by atoms with van der Waals surface area (Å²) in [6.45, 7) is 0. The third kappa shape index (κ3) is 10.2. The molecule has 2 aromatic carbocycles. The van der Waals surface area contributed by atoms with E-state index in [2.05, 4.69) is 58.3 Å². The Balaban J connectivity index is 0.000000739. The van der Waals surface area contributed by atoms with Gasteiger partial charge in [-0.1, -0.05) is 36.4 Å². The van der Waals surface area contributed by atoms with Crippen LogP contribution in [0.4, 0.5) is 28.6 Å². The maximum absolute atomic E-state index is 10.0. The van der Waals surface area contributed by atoms with Crippen molar-refractivity contribution in [2.45, 2.75) is 0 Å². The van der Waals surface area contributed by atoms with E-state index in [-0.39, 0.29) is 0 Å². The molecule has 10 heteroatoms. The Labute approximate surface area is 200 Å². The van der Waals surface area contributed by atoms with E-state index in [4.69, 9.17) is 3.84 Å². The molecule has 1 unspecified atom stereocenters. The Kier molecular flexibility index (Phi) is 9.89. The Morgan fingerprint density at radius 1 is 0.735 bits per heavy atom. The van der Waals surface area contributed by atoms with Crippen LogP contribution in [0.5, 0.6) is 0 Å². The van der Waals surface area contributed by atoms with Crippen LogP contribution in [0, 0.1) is 0 Å². The zero-order valence-electron chi connectivity index (χ0n) is 19.3. The molecule has 0 radical (unpaired) electrons. The Morgan fingerprint density at radius 3 is 1.56 bits per heavy atom. The van der Waals surface area contributed by atoms with Crippen molar-refractivity contribution in [2.75, 3.05) is 38.0 Å². The van der Waals surface area contributed by atoms with Crippen LogP contribution in [-0.2, 0) is 14.9 Å². The molecule has 0 amide bonds. The number of halogens is 4. The number of allylic oxidation sites excluding steroid dienone is 4. The van der Waals surface area contributed by atoms with Gasteiger partial charge in [0.2, 0.25) is 0 Å². The minimum Gasteiger partial charge on any atom is -0.418 e. The van der Waals surface area contributed by atoms with Crippen LogP contribution in [0.25, 0.3) is 12.2 Å². The Bertz CT molecular complexity index is 1040. The largest absolute Gasteiger partial charge is 0.673 e. The monoisotopic (exact) mass is 494 g/mol. The molecule has 0 aliphatic carbocycles. The summed E-state index contributed by atoms with van der Waals surface area (Å²) in [7, 11) is 2.09. The standard InChI is InChI=1S/C24H27N2O2S.BF4/c1-25(2)22-12-7-19(8-13-22)5-6-21-17-24(28-29(27)18-21)16-11-20-9-14-23(15-10-20)26(3)4;2-1(3,4)5/h5-18,27H,1-4H3;/q+1;-1. The summed E-state index contributed by atoms with van der Waals surface area (Å²) in [5.41, 5.74) is 5.41. The number of hydrogen-bond acceptors (Lipinski definition) is 2. The molecule has 0 saturated carbocycles. The SMILES string of the molecule is CN(C)c1ccc(C=CC2=CS(O)=[O+]C(C=Cc3ccc(N(C)C)cc3)=C2)cc1.F[B-](F)(F)F. The predicted octanol–water partition coefficient (Wildman–Crippen LogP) is 6.60. The van der Waals surface area contributed by atoms with Crippen LogP contribution >= 0.6 is 0 Å². The number of benzene rings is 2. The molecule has 182 valence electrons. The van der Waals surface area contributed by atoms with E-state index in [0.29, 0.717) is 5.76 Å². The molecule has 1 atom stereocenters. The molecule has 34 heavy (non-hydrogen) atoms. The number of hydrogen-bond donors (Lipinski definition) is 1. The quantitative estimate of drug-likeness (QED) is 0.213. The fraction of sp³-hybridized carbons (Fsp3) is 0.167. The number of nitrogens with zero attached hydrogens (tertiary/aromatic N) is 2. The van der Waals surface area contributed by atoms with Gasteiger partial charge in [0, 0.05) is 51.2 Å². The molecule has 1 aliphatic heterocycles. The van der Waals surface area contributed by atoms with Gasteiger partial charge in [-0.2, -0.15) is 3.84 Å². The van der Waals surface area contributed by atoms with E-state index in [1.165, 1.54) is 0 Å². The van der Waals surface area contributed by atoms with Crippen molar-refractivity contribution < 1.29 is 25.7 Å². The highest BCUT2D eigenvalue weighted by molar-refractivity contribution is 7.82. The highest BCUT2D eigenvalue weighted by Gasteiger charge is 2.20. The van der Waals surface area contributed by atoms with E-state index in [1.807, 2.05) is 58.6 Å². The van der Waals surface area contributed by atoms with Crippen molar-refractivity contribution in [3.63, 3.8) is 0 Å². The second kappa shape index (κ2) is 12.4. The maximum atomic E-state index is 10.0. The molecule has 0 saturated heterocycles. The number of anilines is 2. The van der Waals surface area contributed by atoms with Crippen LogP contribution in [0.1, 0.15) is 11.1 Å². The van der Waals surface area contributed by atoms with Gasteiger partial charge in [-0.25, -0.2) is 0 Å². The van der Waals surface area contributed by atoms with E-state index >= 15 is 0 Å². The van der Waals surface area contributed by atoms with E-state index in [0.717, 1.165) is 28.1 Å². The summed E-state index contributed by atoms with van der Waals surface area (Å²) >= 11 is -1.23. The van der Waals surface area contributed by atoms with Gasteiger partial charge in [0.15, 0.2) is 0 Å². The lowest BCUT2D eigenvalue weighted by molar-refractivity contribution is 0.230. The van der Waals surface area contributed by atoms with Crippen LogP contribution in [0.3, 0.4) is 0 Å². The molecule has 1 heterocycles. The Morgan fingerprint density at radius 2 is 1.15 bits per heavy atom. The number of rotatable bonds is 6. The van der Waals surface area contributed by atoms with Crippen molar-refractivity contribution in [3.05, 3.63) is 94.6 Å². The zero-order valence-corrected chi connectivity index (χ0v) is 20.1. The molecular weight excluding hydrogens is 467 g/mol. The third-order valence-electron chi connectivity index (χ3n) is 4.45. The van der Waals surface area contributed by atoms with Crippen molar-refractivity contribution in [3.8, 4) is 0 Å². The highest BCUT2D eigenvalue weighted by atomic mass is 32.2. The van der Waals surface area contributed by atoms with Gasteiger partial charge in [0.05, 0.1) is 11.5 Å². The van der Waals surface area contributed by atoms with Gasteiger partial charge in [-0.3, -0.25) is 4.55 Å². The molecule has 0 bridgehead atoms. The second-order valence-electron chi connectivity index (χ2n) is 7.66. The Hall–Kier alpha value is -3.11. The maximum Gasteiger partial charge on any atom is 0.673 e. The molecular formula is C24H27BF4N2O2S. The molecule has 2 aromatic rings. The van der Waals surface area contributed by atoms with E-state index in [9.17, 15) is 21.8 Å². The summed E-state index contributed by atoms with van der Waals surface area (Å²) < 4.78 is 54.6. The first-order valence-electron chi connectivity index (χ1n) is 10.2. The van der Waals surface area contributed by atoms with Crippen molar-refractivity contribution in [1.29, 1.82) is 0 Å². The summed E-state index contributed by atoms with van der Waals surface area (Å²) in [6.07, 6.45) is 9.81. The van der Waals surface area contributed by atoms with Gasteiger partial charge < -0.3 is 27.1 Å². The summed E-state index contributed by atoms with van der Waals surface area (Å²) in [4.78, 5) is 4.14. The fourth-order valence-corrected chi connectivity index (χ4v) is 3.49. The van der Waals surface area contributed by atoms with E-state index < -0.39 is 18.3 Å². The highest BCUT2D eigenvalue weighted by Crippen LogP contribution is 2.18. The minimum absolute atomic E-state index is 0.637. The van der Waals surface area contributed by atoms with Crippen molar-refractivity contribution >= 4 is 41.9 Å².